The average molecular weight is 432 g/mol. The number of anilines is 1. The lowest BCUT2D eigenvalue weighted by Crippen LogP contribution is -2.51. The number of carbonyl (C=O) groups excluding carboxylic acids is 2. The van der Waals surface area contributed by atoms with Crippen molar-refractivity contribution in [3.63, 3.8) is 0 Å². The van der Waals surface area contributed by atoms with E-state index in [-0.39, 0.29) is 18.4 Å². The van der Waals surface area contributed by atoms with Crippen molar-refractivity contribution in [3.8, 4) is 16.9 Å². The highest BCUT2D eigenvalue weighted by atomic mass is 35.5. The Kier molecular flexibility index (Phi) is 6.95. The van der Waals surface area contributed by atoms with Crippen LogP contribution in [0.4, 0.5) is 10.1 Å². The van der Waals surface area contributed by atoms with Gasteiger partial charge in [-0.1, -0.05) is 36.4 Å². The van der Waals surface area contributed by atoms with E-state index in [9.17, 15) is 14.0 Å². The topological polar surface area (TPSA) is 61.9 Å². The number of carbonyl (C=O) groups is 2. The third-order valence-electron chi connectivity index (χ3n) is 5.00. The van der Waals surface area contributed by atoms with Gasteiger partial charge in [-0.05, 0) is 18.2 Å². The summed E-state index contributed by atoms with van der Waals surface area (Å²) in [5.41, 5.74) is 1.40. The Hall–Kier alpha value is -3.06. The molecule has 1 N–H and O–H groups in total. The van der Waals surface area contributed by atoms with Crippen LogP contribution in [-0.4, -0.2) is 61.4 Å². The third-order valence-corrected chi connectivity index (χ3v) is 5.31. The Morgan fingerprint density at radius 3 is 2.47 bits per heavy atom. The first-order valence-corrected chi connectivity index (χ1v) is 9.87. The zero-order chi connectivity index (χ0) is 21.7. The van der Waals surface area contributed by atoms with Crippen LogP contribution in [0.3, 0.4) is 0 Å². The molecule has 1 heterocycles. The number of benzene rings is 2. The van der Waals surface area contributed by atoms with Gasteiger partial charge >= 0.3 is 0 Å². The van der Waals surface area contributed by atoms with Gasteiger partial charge in [0.15, 0.2) is 0 Å². The molecule has 0 radical (unpaired) electrons. The van der Waals surface area contributed by atoms with Crippen molar-refractivity contribution in [1.29, 1.82) is 0 Å². The minimum Gasteiger partial charge on any atom is -0.495 e. The van der Waals surface area contributed by atoms with Crippen molar-refractivity contribution in [1.82, 2.24) is 9.80 Å². The summed E-state index contributed by atoms with van der Waals surface area (Å²) in [6, 6.07) is 9.61. The molecule has 3 rings (SSSR count). The highest BCUT2D eigenvalue weighted by molar-refractivity contribution is 6.33. The van der Waals surface area contributed by atoms with Crippen LogP contribution in [0.2, 0.25) is 5.02 Å². The smallest absolute Gasteiger partial charge is 0.246 e. The molecule has 2 aromatic carbocycles. The lowest BCUT2D eigenvalue weighted by molar-refractivity contribution is -0.135. The lowest BCUT2D eigenvalue weighted by Gasteiger charge is -2.34. The highest BCUT2D eigenvalue weighted by Gasteiger charge is 2.23. The van der Waals surface area contributed by atoms with E-state index in [0.717, 1.165) is 0 Å². The number of nitrogens with one attached hydrogen (secondary N) is 1. The van der Waals surface area contributed by atoms with Crippen molar-refractivity contribution in [2.75, 3.05) is 45.2 Å². The SMILES string of the molecule is C=CC(=O)N1CCN(C(=O)CNc2cc(-c3ccccc3F)c(Cl)cc2OC)CC1. The molecule has 1 fully saturated rings. The maximum absolute atomic E-state index is 14.2. The summed E-state index contributed by atoms with van der Waals surface area (Å²) in [5, 5.41) is 3.41. The number of methoxy groups -OCH3 is 1. The Bertz CT molecular complexity index is 959. The molecule has 0 saturated carbocycles. The molecule has 2 aromatic rings. The molecule has 0 spiro atoms. The van der Waals surface area contributed by atoms with Crippen LogP contribution >= 0.6 is 11.6 Å². The number of amides is 2. The standard InChI is InChI=1S/C22H23ClFN3O3/c1-3-21(28)26-8-10-27(11-9-26)22(29)14-25-19-12-16(17(23)13-20(19)30-2)15-6-4-5-7-18(15)24/h3-7,12-13,25H,1,8-11,14H2,2H3. The summed E-state index contributed by atoms with van der Waals surface area (Å²) in [4.78, 5) is 27.6. The molecule has 1 aliphatic rings. The Morgan fingerprint density at radius 2 is 1.83 bits per heavy atom. The second-order valence-electron chi connectivity index (χ2n) is 6.78. The summed E-state index contributed by atoms with van der Waals surface area (Å²) in [6.07, 6.45) is 1.28. The van der Waals surface area contributed by atoms with Crippen LogP contribution in [0, 0.1) is 5.82 Å². The largest absolute Gasteiger partial charge is 0.495 e. The van der Waals surface area contributed by atoms with Crippen LogP contribution in [0.25, 0.3) is 11.1 Å². The molecule has 1 aliphatic heterocycles. The van der Waals surface area contributed by atoms with E-state index in [1.807, 2.05) is 0 Å². The van der Waals surface area contributed by atoms with Gasteiger partial charge < -0.3 is 19.9 Å². The number of piperazine rings is 1. The van der Waals surface area contributed by atoms with E-state index in [1.54, 1.807) is 40.1 Å². The van der Waals surface area contributed by atoms with Gasteiger partial charge in [0.05, 0.1) is 24.4 Å². The summed E-state index contributed by atoms with van der Waals surface area (Å²) < 4.78 is 19.6. The zero-order valence-electron chi connectivity index (χ0n) is 16.7. The second kappa shape index (κ2) is 9.63. The fourth-order valence-electron chi connectivity index (χ4n) is 3.34. The summed E-state index contributed by atoms with van der Waals surface area (Å²) in [7, 11) is 1.50. The molecule has 0 unspecified atom stereocenters. The van der Waals surface area contributed by atoms with Gasteiger partial charge in [-0.15, -0.1) is 0 Å². The number of hydrogen-bond donors (Lipinski definition) is 1. The van der Waals surface area contributed by atoms with Crippen LogP contribution in [-0.2, 0) is 9.59 Å². The Labute approximate surface area is 179 Å². The lowest BCUT2D eigenvalue weighted by atomic mass is 10.0. The molecular weight excluding hydrogens is 409 g/mol. The molecule has 158 valence electrons. The molecule has 2 amide bonds. The molecular formula is C22H23ClFN3O3. The fourth-order valence-corrected chi connectivity index (χ4v) is 3.59. The normalized spacial score (nSPS) is 13.7. The highest BCUT2D eigenvalue weighted by Crippen LogP contribution is 2.37. The van der Waals surface area contributed by atoms with Crippen LogP contribution in [0.15, 0.2) is 49.1 Å². The van der Waals surface area contributed by atoms with Crippen LogP contribution < -0.4 is 10.1 Å². The fraction of sp³-hybridized carbons (Fsp3) is 0.273. The molecule has 0 atom stereocenters. The second-order valence-corrected chi connectivity index (χ2v) is 7.18. The van der Waals surface area contributed by atoms with Crippen molar-refractivity contribution in [2.24, 2.45) is 0 Å². The van der Waals surface area contributed by atoms with Crippen molar-refractivity contribution >= 4 is 29.1 Å². The summed E-state index contributed by atoms with van der Waals surface area (Å²) in [5.74, 6) is -0.176. The zero-order valence-corrected chi connectivity index (χ0v) is 17.4. The molecule has 8 heteroatoms. The third kappa shape index (κ3) is 4.74. The number of rotatable bonds is 6. The first kappa shape index (κ1) is 21.6. The van der Waals surface area contributed by atoms with Gasteiger partial charge in [-0.3, -0.25) is 9.59 Å². The maximum Gasteiger partial charge on any atom is 0.246 e. The number of nitrogens with zero attached hydrogens (tertiary/aromatic N) is 2. The quantitative estimate of drug-likeness (QED) is 0.712. The van der Waals surface area contributed by atoms with Gasteiger partial charge in [-0.25, -0.2) is 4.39 Å². The number of ether oxygens (including phenoxy) is 1. The first-order chi connectivity index (χ1) is 14.4. The van der Waals surface area contributed by atoms with Crippen LogP contribution in [0.5, 0.6) is 5.75 Å². The van der Waals surface area contributed by atoms with Gasteiger partial charge in [0.25, 0.3) is 0 Å². The van der Waals surface area contributed by atoms with E-state index >= 15 is 0 Å². The number of hydrogen-bond acceptors (Lipinski definition) is 4. The predicted molar refractivity (Wildman–Crippen MR) is 115 cm³/mol. The Balaban J connectivity index is 1.71. The monoisotopic (exact) mass is 431 g/mol. The number of halogens is 2. The van der Waals surface area contributed by atoms with Gasteiger partial charge in [0, 0.05) is 43.4 Å². The Morgan fingerprint density at radius 1 is 1.17 bits per heavy atom. The van der Waals surface area contributed by atoms with E-state index in [0.29, 0.717) is 53.8 Å². The predicted octanol–water partition coefficient (Wildman–Crippen LogP) is 3.42. The van der Waals surface area contributed by atoms with E-state index in [2.05, 4.69) is 11.9 Å². The van der Waals surface area contributed by atoms with E-state index in [4.69, 9.17) is 16.3 Å². The van der Waals surface area contributed by atoms with Gasteiger partial charge in [0.1, 0.15) is 11.6 Å². The molecule has 30 heavy (non-hydrogen) atoms. The average Bonchev–Trinajstić information content (AvgIpc) is 2.77. The van der Waals surface area contributed by atoms with Crippen LogP contribution in [0.1, 0.15) is 0 Å². The van der Waals surface area contributed by atoms with Crippen molar-refractivity contribution < 1.29 is 18.7 Å². The molecule has 6 nitrogen and oxygen atoms in total. The van der Waals surface area contributed by atoms with Gasteiger partial charge in [0.2, 0.25) is 11.8 Å². The van der Waals surface area contributed by atoms with Crippen molar-refractivity contribution in [2.45, 2.75) is 0 Å². The minimum atomic E-state index is -0.390. The summed E-state index contributed by atoms with van der Waals surface area (Å²) >= 11 is 6.33. The summed E-state index contributed by atoms with van der Waals surface area (Å²) in [6.45, 7) is 5.37. The van der Waals surface area contributed by atoms with Crippen molar-refractivity contribution in [3.05, 3.63) is 59.9 Å². The van der Waals surface area contributed by atoms with E-state index in [1.165, 1.54) is 19.3 Å². The minimum absolute atomic E-state index is 0.0319. The van der Waals surface area contributed by atoms with Gasteiger partial charge in [-0.2, -0.15) is 0 Å². The van der Waals surface area contributed by atoms with E-state index < -0.39 is 5.82 Å². The molecule has 0 aliphatic carbocycles. The maximum atomic E-state index is 14.2. The molecule has 0 bridgehead atoms. The first-order valence-electron chi connectivity index (χ1n) is 9.50. The molecule has 0 aromatic heterocycles. The molecule has 1 saturated heterocycles.